The first-order chi connectivity index (χ1) is 14.1. The topological polar surface area (TPSA) is 73.3 Å². The van der Waals surface area contributed by atoms with Crippen LogP contribution in [0.15, 0.2) is 35.3 Å². The lowest BCUT2D eigenvalue weighted by atomic mass is 10.1. The number of ether oxygens (including phenoxy) is 4. The molecule has 0 fully saturated rings. The van der Waals surface area contributed by atoms with Crippen molar-refractivity contribution in [2.75, 3.05) is 42.0 Å². The van der Waals surface area contributed by atoms with E-state index >= 15 is 0 Å². The molecule has 0 aliphatic rings. The number of hydrogen-bond acceptors (Lipinski definition) is 5. The molecule has 0 aliphatic heterocycles. The van der Waals surface area contributed by atoms with Crippen molar-refractivity contribution in [3.05, 3.63) is 47.0 Å². The van der Waals surface area contributed by atoms with Gasteiger partial charge in [-0.3, -0.25) is 4.99 Å². The second-order valence-electron chi connectivity index (χ2n) is 6.43. The summed E-state index contributed by atoms with van der Waals surface area (Å²) in [4.78, 5) is 4.30. The molecule has 0 aliphatic carbocycles. The lowest BCUT2D eigenvalue weighted by Gasteiger charge is -2.17. The SMILES string of the molecule is CN=C(NCCc1cc(C)ccc1OC)NCc1c(OC)cc(OC)cc1OC. The maximum absolute atomic E-state index is 5.50. The van der Waals surface area contributed by atoms with Gasteiger partial charge in [0.1, 0.15) is 23.0 Å². The van der Waals surface area contributed by atoms with E-state index in [4.69, 9.17) is 18.9 Å². The summed E-state index contributed by atoms with van der Waals surface area (Å²) >= 11 is 0. The predicted molar refractivity (Wildman–Crippen MR) is 116 cm³/mol. The number of aryl methyl sites for hydroxylation is 1. The zero-order valence-electron chi connectivity index (χ0n) is 18.1. The molecule has 0 saturated carbocycles. The van der Waals surface area contributed by atoms with Gasteiger partial charge in [0.2, 0.25) is 0 Å². The molecule has 2 rings (SSSR count). The molecule has 7 heteroatoms. The van der Waals surface area contributed by atoms with Gasteiger partial charge in [0.15, 0.2) is 5.96 Å². The molecule has 158 valence electrons. The van der Waals surface area contributed by atoms with Gasteiger partial charge in [0.25, 0.3) is 0 Å². The first kappa shape index (κ1) is 22.2. The smallest absolute Gasteiger partial charge is 0.191 e. The maximum Gasteiger partial charge on any atom is 0.191 e. The van der Waals surface area contributed by atoms with Crippen molar-refractivity contribution in [3.8, 4) is 23.0 Å². The van der Waals surface area contributed by atoms with E-state index in [1.54, 1.807) is 35.5 Å². The number of benzene rings is 2. The van der Waals surface area contributed by atoms with Crippen LogP contribution in [0.25, 0.3) is 0 Å². The van der Waals surface area contributed by atoms with Crippen molar-refractivity contribution < 1.29 is 18.9 Å². The zero-order valence-corrected chi connectivity index (χ0v) is 18.1. The standard InChI is InChI=1S/C22H31N3O4/c1-15-7-8-19(27-4)16(11-15)9-10-24-22(23-2)25-14-18-20(28-5)12-17(26-3)13-21(18)29-6/h7-8,11-13H,9-10,14H2,1-6H3,(H2,23,24,25). The van der Waals surface area contributed by atoms with Crippen molar-refractivity contribution >= 4 is 5.96 Å². The third-order valence-corrected chi connectivity index (χ3v) is 4.60. The van der Waals surface area contributed by atoms with Crippen LogP contribution in [0.5, 0.6) is 23.0 Å². The third-order valence-electron chi connectivity index (χ3n) is 4.60. The second kappa shape index (κ2) is 11.0. The maximum atomic E-state index is 5.50. The van der Waals surface area contributed by atoms with Crippen LogP contribution in [0.3, 0.4) is 0 Å². The first-order valence-electron chi connectivity index (χ1n) is 9.43. The predicted octanol–water partition coefficient (Wildman–Crippen LogP) is 2.94. The van der Waals surface area contributed by atoms with Gasteiger partial charge in [-0.05, 0) is 25.0 Å². The number of aliphatic imine (C=N–C) groups is 1. The van der Waals surface area contributed by atoms with E-state index < -0.39 is 0 Å². The lowest BCUT2D eigenvalue weighted by Crippen LogP contribution is -2.38. The largest absolute Gasteiger partial charge is 0.496 e. The summed E-state index contributed by atoms with van der Waals surface area (Å²) < 4.78 is 21.7. The van der Waals surface area contributed by atoms with E-state index in [2.05, 4.69) is 28.6 Å². The zero-order chi connectivity index (χ0) is 21.2. The Morgan fingerprint density at radius 3 is 2.07 bits per heavy atom. The van der Waals surface area contributed by atoms with Crippen molar-refractivity contribution in [1.82, 2.24) is 10.6 Å². The van der Waals surface area contributed by atoms with Gasteiger partial charge in [-0.1, -0.05) is 17.7 Å². The first-order valence-corrected chi connectivity index (χ1v) is 9.43. The van der Waals surface area contributed by atoms with E-state index in [-0.39, 0.29) is 0 Å². The van der Waals surface area contributed by atoms with Crippen LogP contribution >= 0.6 is 0 Å². The number of guanidine groups is 1. The van der Waals surface area contributed by atoms with Crippen molar-refractivity contribution in [3.63, 3.8) is 0 Å². The summed E-state index contributed by atoms with van der Waals surface area (Å²) in [7, 11) is 8.30. The summed E-state index contributed by atoms with van der Waals surface area (Å²) in [5.74, 6) is 3.64. The molecule has 0 spiro atoms. The Balaban J connectivity index is 2.00. The normalized spacial score (nSPS) is 11.0. The highest BCUT2D eigenvalue weighted by molar-refractivity contribution is 5.79. The van der Waals surface area contributed by atoms with Crippen LogP contribution in [-0.4, -0.2) is 48.0 Å². The fourth-order valence-corrected chi connectivity index (χ4v) is 3.06. The minimum absolute atomic E-state index is 0.490. The summed E-state index contributed by atoms with van der Waals surface area (Å²) in [5.41, 5.74) is 3.26. The van der Waals surface area contributed by atoms with E-state index in [9.17, 15) is 0 Å². The van der Waals surface area contributed by atoms with Crippen LogP contribution < -0.4 is 29.6 Å². The number of methoxy groups -OCH3 is 4. The molecular formula is C22H31N3O4. The molecule has 0 bridgehead atoms. The quantitative estimate of drug-likeness (QED) is 0.497. The summed E-state index contributed by atoms with van der Waals surface area (Å²) in [6.07, 6.45) is 0.820. The Labute approximate surface area is 173 Å². The highest BCUT2D eigenvalue weighted by Gasteiger charge is 2.14. The van der Waals surface area contributed by atoms with Crippen LogP contribution in [0, 0.1) is 6.92 Å². The number of nitrogens with zero attached hydrogens (tertiary/aromatic N) is 1. The Kier molecular flexibility index (Phi) is 8.45. The van der Waals surface area contributed by atoms with E-state index in [0.717, 1.165) is 29.8 Å². The average Bonchev–Trinajstić information content (AvgIpc) is 2.75. The Bertz CT molecular complexity index is 812. The van der Waals surface area contributed by atoms with Crippen LogP contribution in [-0.2, 0) is 13.0 Å². The molecule has 0 aromatic heterocycles. The molecule has 0 amide bonds. The molecule has 0 atom stereocenters. The third kappa shape index (κ3) is 5.94. The molecule has 2 N–H and O–H groups in total. The second-order valence-corrected chi connectivity index (χ2v) is 6.43. The molecule has 0 radical (unpaired) electrons. The van der Waals surface area contributed by atoms with Gasteiger partial charge in [-0.2, -0.15) is 0 Å². The molecule has 0 unspecified atom stereocenters. The Morgan fingerprint density at radius 1 is 0.862 bits per heavy atom. The van der Waals surface area contributed by atoms with Gasteiger partial charge in [0.05, 0.1) is 40.5 Å². The summed E-state index contributed by atoms with van der Waals surface area (Å²) in [6.45, 7) is 3.28. The fourth-order valence-electron chi connectivity index (χ4n) is 3.06. The van der Waals surface area contributed by atoms with E-state index in [1.165, 1.54) is 5.56 Å². The lowest BCUT2D eigenvalue weighted by molar-refractivity contribution is 0.368. The fraction of sp³-hybridized carbons (Fsp3) is 0.409. The van der Waals surface area contributed by atoms with Crippen LogP contribution in [0.4, 0.5) is 0 Å². The minimum atomic E-state index is 0.490. The summed E-state index contributed by atoms with van der Waals surface area (Å²) in [5, 5.41) is 6.64. The highest BCUT2D eigenvalue weighted by atomic mass is 16.5. The average molecular weight is 402 g/mol. The molecule has 0 saturated heterocycles. The van der Waals surface area contributed by atoms with Crippen LogP contribution in [0.2, 0.25) is 0 Å². The highest BCUT2D eigenvalue weighted by Crippen LogP contribution is 2.33. The molecule has 29 heavy (non-hydrogen) atoms. The van der Waals surface area contributed by atoms with E-state index in [1.807, 2.05) is 24.3 Å². The molecule has 2 aromatic rings. The molecule has 2 aromatic carbocycles. The van der Waals surface area contributed by atoms with Gasteiger partial charge < -0.3 is 29.6 Å². The Hall–Kier alpha value is -3.09. The minimum Gasteiger partial charge on any atom is -0.496 e. The summed E-state index contributed by atoms with van der Waals surface area (Å²) in [6, 6.07) is 9.86. The number of rotatable bonds is 9. The van der Waals surface area contributed by atoms with Gasteiger partial charge in [-0.25, -0.2) is 0 Å². The molecule has 7 nitrogen and oxygen atoms in total. The van der Waals surface area contributed by atoms with Gasteiger partial charge in [-0.15, -0.1) is 0 Å². The number of hydrogen-bond donors (Lipinski definition) is 2. The monoisotopic (exact) mass is 401 g/mol. The van der Waals surface area contributed by atoms with Crippen molar-refractivity contribution in [1.29, 1.82) is 0 Å². The van der Waals surface area contributed by atoms with Crippen molar-refractivity contribution in [2.24, 2.45) is 4.99 Å². The number of nitrogens with one attached hydrogen (secondary N) is 2. The molecule has 0 heterocycles. The van der Waals surface area contributed by atoms with Gasteiger partial charge in [0, 0.05) is 25.7 Å². The molecular weight excluding hydrogens is 370 g/mol. The Morgan fingerprint density at radius 2 is 1.52 bits per heavy atom. The van der Waals surface area contributed by atoms with Gasteiger partial charge >= 0.3 is 0 Å². The van der Waals surface area contributed by atoms with Crippen molar-refractivity contribution in [2.45, 2.75) is 19.9 Å². The van der Waals surface area contributed by atoms with E-state index in [0.29, 0.717) is 29.8 Å². The van der Waals surface area contributed by atoms with Crippen LogP contribution in [0.1, 0.15) is 16.7 Å².